The third-order valence-electron chi connectivity index (χ3n) is 3.01. The summed E-state index contributed by atoms with van der Waals surface area (Å²) in [7, 11) is 0. The van der Waals surface area contributed by atoms with Gasteiger partial charge in [-0.15, -0.1) is 0 Å². The number of benzene rings is 1. The summed E-state index contributed by atoms with van der Waals surface area (Å²) >= 11 is 0. The zero-order valence-electron chi connectivity index (χ0n) is 11.9. The van der Waals surface area contributed by atoms with E-state index in [0.717, 1.165) is 6.42 Å². The molecule has 0 saturated heterocycles. The molecule has 0 aliphatic rings. The molecule has 0 saturated carbocycles. The Labute approximate surface area is 110 Å². The summed E-state index contributed by atoms with van der Waals surface area (Å²) in [5.41, 5.74) is 2.53. The molecule has 0 bridgehead atoms. The lowest BCUT2D eigenvalue weighted by molar-refractivity contribution is -0.145. The third-order valence-corrected chi connectivity index (χ3v) is 3.01. The topological polar surface area (TPSA) is 26.3 Å². The van der Waals surface area contributed by atoms with E-state index in [9.17, 15) is 4.79 Å². The van der Waals surface area contributed by atoms with E-state index in [2.05, 4.69) is 38.1 Å². The summed E-state index contributed by atoms with van der Waals surface area (Å²) in [6.07, 6.45) is 1.50. The van der Waals surface area contributed by atoms with Crippen LogP contribution in [-0.4, -0.2) is 12.6 Å². The molecule has 1 rings (SSSR count). The predicted octanol–water partition coefficient (Wildman–Crippen LogP) is 3.94. The van der Waals surface area contributed by atoms with Gasteiger partial charge in [0.15, 0.2) is 0 Å². The molecule has 0 amide bonds. The van der Waals surface area contributed by atoms with Gasteiger partial charge in [-0.05, 0) is 29.4 Å². The number of ether oxygens (including phenoxy) is 1. The molecular weight excluding hydrogens is 224 g/mol. The molecule has 1 aromatic rings. The third kappa shape index (κ3) is 4.91. The van der Waals surface area contributed by atoms with Crippen LogP contribution in [0.15, 0.2) is 24.3 Å². The first-order valence-corrected chi connectivity index (χ1v) is 6.77. The number of carbonyl (C=O) groups excluding carboxylic acids is 1. The smallest absolute Gasteiger partial charge is 0.306 e. The molecule has 0 aliphatic heterocycles. The van der Waals surface area contributed by atoms with E-state index < -0.39 is 0 Å². The largest absolute Gasteiger partial charge is 0.465 e. The Kier molecular flexibility index (Phi) is 5.90. The van der Waals surface area contributed by atoms with Gasteiger partial charge in [0.2, 0.25) is 0 Å². The number of esters is 1. The molecule has 2 nitrogen and oxygen atoms in total. The molecule has 0 aromatic heterocycles. The quantitative estimate of drug-likeness (QED) is 0.713. The molecule has 0 heterocycles. The SMILES string of the molecule is CCc1ccc(C(C)CC(=O)OCC(C)C)cc1. The van der Waals surface area contributed by atoms with E-state index in [0.29, 0.717) is 18.9 Å². The highest BCUT2D eigenvalue weighted by Crippen LogP contribution is 2.20. The minimum Gasteiger partial charge on any atom is -0.465 e. The fraction of sp³-hybridized carbons (Fsp3) is 0.562. The van der Waals surface area contributed by atoms with Gasteiger partial charge in [0, 0.05) is 0 Å². The van der Waals surface area contributed by atoms with E-state index in [-0.39, 0.29) is 11.9 Å². The van der Waals surface area contributed by atoms with Gasteiger partial charge in [0.05, 0.1) is 13.0 Å². The van der Waals surface area contributed by atoms with Crippen LogP contribution >= 0.6 is 0 Å². The van der Waals surface area contributed by atoms with Crippen LogP contribution in [0.25, 0.3) is 0 Å². The van der Waals surface area contributed by atoms with Crippen molar-refractivity contribution in [2.45, 2.75) is 46.5 Å². The minimum absolute atomic E-state index is 0.101. The van der Waals surface area contributed by atoms with Crippen molar-refractivity contribution in [1.29, 1.82) is 0 Å². The molecule has 0 radical (unpaired) electrons. The lowest BCUT2D eigenvalue weighted by Crippen LogP contribution is -2.12. The molecule has 1 atom stereocenters. The Hall–Kier alpha value is -1.31. The van der Waals surface area contributed by atoms with E-state index >= 15 is 0 Å². The summed E-state index contributed by atoms with van der Waals surface area (Å²) in [4.78, 5) is 11.6. The van der Waals surface area contributed by atoms with Gasteiger partial charge in [-0.3, -0.25) is 4.79 Å². The van der Waals surface area contributed by atoms with Crippen LogP contribution in [0.5, 0.6) is 0 Å². The average molecular weight is 248 g/mol. The summed E-state index contributed by atoms with van der Waals surface area (Å²) in [6, 6.07) is 8.48. The fourth-order valence-corrected chi connectivity index (χ4v) is 1.77. The first-order valence-electron chi connectivity index (χ1n) is 6.77. The van der Waals surface area contributed by atoms with Crippen LogP contribution in [0, 0.1) is 5.92 Å². The Morgan fingerprint density at radius 1 is 1.17 bits per heavy atom. The molecule has 18 heavy (non-hydrogen) atoms. The standard InChI is InChI=1S/C16H24O2/c1-5-14-6-8-15(9-7-14)13(4)10-16(17)18-11-12(2)3/h6-9,12-13H,5,10-11H2,1-4H3. The number of rotatable bonds is 6. The predicted molar refractivity (Wildman–Crippen MR) is 74.6 cm³/mol. The van der Waals surface area contributed by atoms with E-state index in [1.807, 2.05) is 13.8 Å². The zero-order chi connectivity index (χ0) is 13.5. The number of hydrogen-bond acceptors (Lipinski definition) is 2. The molecule has 100 valence electrons. The van der Waals surface area contributed by atoms with Crippen molar-refractivity contribution in [2.75, 3.05) is 6.61 Å². The molecule has 0 N–H and O–H groups in total. The van der Waals surface area contributed by atoms with E-state index in [1.165, 1.54) is 11.1 Å². The van der Waals surface area contributed by atoms with Crippen molar-refractivity contribution in [2.24, 2.45) is 5.92 Å². The molecule has 2 heteroatoms. The van der Waals surface area contributed by atoms with Crippen LogP contribution in [-0.2, 0) is 16.0 Å². The second-order valence-electron chi connectivity index (χ2n) is 5.28. The summed E-state index contributed by atoms with van der Waals surface area (Å²) in [5, 5.41) is 0. The van der Waals surface area contributed by atoms with Crippen molar-refractivity contribution in [3.8, 4) is 0 Å². The van der Waals surface area contributed by atoms with Crippen LogP contribution in [0.3, 0.4) is 0 Å². The van der Waals surface area contributed by atoms with Gasteiger partial charge < -0.3 is 4.74 Å². The normalized spacial score (nSPS) is 12.5. The molecule has 1 aromatic carbocycles. The highest BCUT2D eigenvalue weighted by atomic mass is 16.5. The van der Waals surface area contributed by atoms with Crippen LogP contribution in [0.1, 0.15) is 51.2 Å². The van der Waals surface area contributed by atoms with E-state index in [4.69, 9.17) is 4.74 Å². The summed E-state index contributed by atoms with van der Waals surface area (Å²) < 4.78 is 5.20. The highest BCUT2D eigenvalue weighted by Gasteiger charge is 2.12. The van der Waals surface area contributed by atoms with Crippen LogP contribution in [0.4, 0.5) is 0 Å². The summed E-state index contributed by atoms with van der Waals surface area (Å²) in [6.45, 7) is 8.81. The zero-order valence-corrected chi connectivity index (χ0v) is 11.9. The maximum absolute atomic E-state index is 11.6. The van der Waals surface area contributed by atoms with Crippen molar-refractivity contribution in [1.82, 2.24) is 0 Å². The molecular formula is C16H24O2. The van der Waals surface area contributed by atoms with Gasteiger partial charge in [-0.25, -0.2) is 0 Å². The first-order chi connectivity index (χ1) is 8.52. The van der Waals surface area contributed by atoms with Crippen LogP contribution in [0.2, 0.25) is 0 Å². The Bertz CT molecular complexity index is 365. The maximum Gasteiger partial charge on any atom is 0.306 e. The Morgan fingerprint density at radius 2 is 1.78 bits per heavy atom. The average Bonchev–Trinajstić information content (AvgIpc) is 2.36. The molecule has 0 fully saturated rings. The minimum atomic E-state index is -0.101. The molecule has 1 unspecified atom stereocenters. The second-order valence-corrected chi connectivity index (χ2v) is 5.28. The fourth-order valence-electron chi connectivity index (χ4n) is 1.77. The lowest BCUT2D eigenvalue weighted by Gasteiger charge is -2.13. The Balaban J connectivity index is 2.48. The monoisotopic (exact) mass is 248 g/mol. The van der Waals surface area contributed by atoms with Crippen LogP contribution < -0.4 is 0 Å². The number of aryl methyl sites for hydroxylation is 1. The van der Waals surface area contributed by atoms with Gasteiger partial charge in [-0.1, -0.05) is 52.0 Å². The highest BCUT2D eigenvalue weighted by molar-refractivity contribution is 5.70. The van der Waals surface area contributed by atoms with Crippen molar-refractivity contribution < 1.29 is 9.53 Å². The lowest BCUT2D eigenvalue weighted by atomic mass is 9.96. The molecule has 0 spiro atoms. The van der Waals surface area contributed by atoms with Gasteiger partial charge in [-0.2, -0.15) is 0 Å². The van der Waals surface area contributed by atoms with Crippen molar-refractivity contribution in [3.63, 3.8) is 0 Å². The van der Waals surface area contributed by atoms with Gasteiger partial charge in [0.25, 0.3) is 0 Å². The Morgan fingerprint density at radius 3 is 2.28 bits per heavy atom. The number of carbonyl (C=O) groups is 1. The summed E-state index contributed by atoms with van der Waals surface area (Å²) in [5.74, 6) is 0.513. The first kappa shape index (κ1) is 14.7. The van der Waals surface area contributed by atoms with Crippen molar-refractivity contribution in [3.05, 3.63) is 35.4 Å². The maximum atomic E-state index is 11.6. The van der Waals surface area contributed by atoms with Crippen molar-refractivity contribution >= 4 is 5.97 Å². The molecule has 0 aliphatic carbocycles. The second kappa shape index (κ2) is 7.20. The van der Waals surface area contributed by atoms with E-state index in [1.54, 1.807) is 0 Å². The number of hydrogen-bond donors (Lipinski definition) is 0. The van der Waals surface area contributed by atoms with Gasteiger partial charge in [0.1, 0.15) is 0 Å². The van der Waals surface area contributed by atoms with Gasteiger partial charge >= 0.3 is 5.97 Å².